The molecule has 0 amide bonds. The number of nitrogens with zero attached hydrogens (tertiary/aromatic N) is 2. The summed E-state index contributed by atoms with van der Waals surface area (Å²) in [6.07, 6.45) is 3.56. The van der Waals surface area contributed by atoms with E-state index >= 15 is 0 Å². The predicted molar refractivity (Wildman–Crippen MR) is 238 cm³/mol. The monoisotopic (exact) mass is 811 g/mol. The molecule has 7 aromatic carbocycles. The summed E-state index contributed by atoms with van der Waals surface area (Å²) in [5.74, 6) is 0.378. The van der Waals surface area contributed by atoms with E-state index in [0.717, 1.165) is 58.5 Å². The highest BCUT2D eigenvalue weighted by Gasteiger charge is 2.13. The fraction of sp³-hybridized carbons (Fsp3) is 0.157. The molecule has 0 aromatic heterocycles. The zero-order chi connectivity index (χ0) is 42.4. The first-order chi connectivity index (χ1) is 29.8. The van der Waals surface area contributed by atoms with Gasteiger partial charge in [0.05, 0.1) is 35.7 Å². The van der Waals surface area contributed by atoms with Gasteiger partial charge in [0.25, 0.3) is 0 Å². The Morgan fingerprint density at radius 1 is 0.574 bits per heavy atom. The van der Waals surface area contributed by atoms with Crippen LogP contribution in [0.2, 0.25) is 0 Å². The van der Waals surface area contributed by atoms with Gasteiger partial charge < -0.3 is 24.3 Å². The number of anilines is 1. The van der Waals surface area contributed by atoms with Crippen molar-refractivity contribution < 1.29 is 33.3 Å². The average Bonchev–Trinajstić information content (AvgIpc) is 3.29. The molecule has 0 heterocycles. The standard InChI is InChI=1S/C51H45N3O7/c1-35(2)49(55)59-33-10-4-3-9-32-58-41-28-22-39(23-29-41)50(56)60-42-26-18-36(19-27-42)34-52-46-30-31-47(45-16-8-7-15-44(45)46)54-53-40-24-20-38(21-25-40)51(57)61-48-17-11-13-37-12-5-6-14-43(37)48/h5-8,11-31,52H,1,3-4,9-10,32-34H2,2H3. The van der Waals surface area contributed by atoms with E-state index in [-0.39, 0.29) is 5.97 Å². The number of ether oxygens (including phenoxy) is 4. The van der Waals surface area contributed by atoms with Crippen LogP contribution in [0, 0.1) is 0 Å². The van der Waals surface area contributed by atoms with Crippen molar-refractivity contribution in [3.05, 3.63) is 181 Å². The number of rotatable bonds is 18. The van der Waals surface area contributed by atoms with E-state index < -0.39 is 11.9 Å². The fourth-order valence-electron chi connectivity index (χ4n) is 6.51. The summed E-state index contributed by atoms with van der Waals surface area (Å²) in [6.45, 7) is 6.70. The van der Waals surface area contributed by atoms with Gasteiger partial charge in [0.2, 0.25) is 0 Å². The van der Waals surface area contributed by atoms with Gasteiger partial charge in [-0.1, -0.05) is 79.4 Å². The Hall–Kier alpha value is -7.59. The number of hydrogen-bond donors (Lipinski definition) is 1. The summed E-state index contributed by atoms with van der Waals surface area (Å²) in [5, 5.41) is 16.3. The maximum atomic E-state index is 12.9. The maximum absolute atomic E-state index is 12.9. The smallest absolute Gasteiger partial charge is 0.343 e. The number of hydrogen-bond acceptors (Lipinski definition) is 10. The number of nitrogens with one attached hydrogen (secondary N) is 1. The van der Waals surface area contributed by atoms with Gasteiger partial charge >= 0.3 is 17.9 Å². The predicted octanol–water partition coefficient (Wildman–Crippen LogP) is 12.5. The van der Waals surface area contributed by atoms with Gasteiger partial charge in [-0.25, -0.2) is 14.4 Å². The van der Waals surface area contributed by atoms with E-state index in [4.69, 9.17) is 18.9 Å². The van der Waals surface area contributed by atoms with Crippen molar-refractivity contribution in [2.75, 3.05) is 18.5 Å². The van der Waals surface area contributed by atoms with Crippen LogP contribution in [0.1, 0.15) is 58.9 Å². The minimum atomic E-state index is -0.456. The summed E-state index contributed by atoms with van der Waals surface area (Å²) in [7, 11) is 0. The largest absolute Gasteiger partial charge is 0.494 e. The quantitative estimate of drug-likeness (QED) is 0.0298. The zero-order valence-electron chi connectivity index (χ0n) is 33.8. The third-order valence-electron chi connectivity index (χ3n) is 9.83. The minimum Gasteiger partial charge on any atom is -0.494 e. The van der Waals surface area contributed by atoms with E-state index in [2.05, 4.69) is 22.1 Å². The number of carbonyl (C=O) groups is 3. The Balaban J connectivity index is 0.873. The molecule has 306 valence electrons. The lowest BCUT2D eigenvalue weighted by Crippen LogP contribution is -2.08. The van der Waals surface area contributed by atoms with Crippen LogP contribution in [0.4, 0.5) is 17.1 Å². The number of benzene rings is 7. The van der Waals surface area contributed by atoms with Crippen molar-refractivity contribution in [1.29, 1.82) is 0 Å². The molecule has 0 saturated carbocycles. The Kier molecular flexibility index (Phi) is 13.9. The Bertz CT molecular complexity index is 2670. The molecule has 0 spiro atoms. The molecule has 1 N–H and O–H groups in total. The molecule has 10 heteroatoms. The molecular weight excluding hydrogens is 767 g/mol. The SMILES string of the molecule is C=C(C)C(=O)OCCCCCCOc1ccc(C(=O)Oc2ccc(CNc3ccc(N=Nc4ccc(C(=O)Oc5cccc6ccccc56)cc4)c4ccccc34)cc2)cc1. The van der Waals surface area contributed by atoms with Crippen LogP contribution in [0.5, 0.6) is 17.2 Å². The Morgan fingerprint density at radius 2 is 1.20 bits per heavy atom. The van der Waals surface area contributed by atoms with Crippen LogP contribution in [0.15, 0.2) is 174 Å². The first-order valence-electron chi connectivity index (χ1n) is 20.1. The zero-order valence-corrected chi connectivity index (χ0v) is 33.8. The summed E-state index contributed by atoms with van der Waals surface area (Å²) in [6, 6.07) is 46.4. The number of unbranched alkanes of at least 4 members (excludes halogenated alkanes) is 3. The summed E-state index contributed by atoms with van der Waals surface area (Å²) in [5.41, 5.74) is 4.49. The maximum Gasteiger partial charge on any atom is 0.343 e. The summed E-state index contributed by atoms with van der Waals surface area (Å²) in [4.78, 5) is 37.2. The van der Waals surface area contributed by atoms with Crippen molar-refractivity contribution in [2.45, 2.75) is 39.2 Å². The van der Waals surface area contributed by atoms with Crippen LogP contribution in [0.3, 0.4) is 0 Å². The number of azo groups is 1. The van der Waals surface area contributed by atoms with Crippen molar-refractivity contribution in [2.24, 2.45) is 10.2 Å². The number of esters is 3. The third-order valence-corrected chi connectivity index (χ3v) is 9.83. The van der Waals surface area contributed by atoms with E-state index in [0.29, 0.717) is 65.1 Å². The molecule has 7 aromatic rings. The molecule has 61 heavy (non-hydrogen) atoms. The molecule has 7 rings (SSSR count). The molecule has 0 fully saturated rings. The third kappa shape index (κ3) is 11.3. The van der Waals surface area contributed by atoms with Crippen LogP contribution in [-0.4, -0.2) is 31.1 Å². The summed E-state index contributed by atoms with van der Waals surface area (Å²) >= 11 is 0. The highest BCUT2D eigenvalue weighted by molar-refractivity contribution is 6.01. The van der Waals surface area contributed by atoms with Gasteiger partial charge in [0.15, 0.2) is 0 Å². The van der Waals surface area contributed by atoms with Crippen molar-refractivity contribution in [1.82, 2.24) is 0 Å². The lowest BCUT2D eigenvalue weighted by Gasteiger charge is -2.12. The first kappa shape index (κ1) is 41.6. The molecular formula is C51H45N3O7. The number of fused-ring (bicyclic) bond motifs is 2. The van der Waals surface area contributed by atoms with Crippen LogP contribution >= 0.6 is 0 Å². The van der Waals surface area contributed by atoms with E-state index in [1.54, 1.807) is 73.7 Å². The molecule has 0 atom stereocenters. The van der Waals surface area contributed by atoms with Gasteiger partial charge in [0.1, 0.15) is 17.2 Å². The van der Waals surface area contributed by atoms with E-state index in [9.17, 15) is 14.4 Å². The van der Waals surface area contributed by atoms with Gasteiger partial charge in [-0.2, -0.15) is 5.11 Å². The molecule has 10 nitrogen and oxygen atoms in total. The second-order valence-corrected chi connectivity index (χ2v) is 14.4. The Labute approximate surface area is 354 Å². The van der Waals surface area contributed by atoms with Crippen LogP contribution < -0.4 is 19.5 Å². The van der Waals surface area contributed by atoms with E-state index in [1.807, 2.05) is 84.9 Å². The lowest BCUT2D eigenvalue weighted by molar-refractivity contribution is -0.139. The fourth-order valence-corrected chi connectivity index (χ4v) is 6.51. The Morgan fingerprint density at radius 3 is 1.93 bits per heavy atom. The highest BCUT2D eigenvalue weighted by Crippen LogP contribution is 2.34. The van der Waals surface area contributed by atoms with Gasteiger partial charge in [0, 0.05) is 34.0 Å². The van der Waals surface area contributed by atoms with Crippen LogP contribution in [-0.2, 0) is 16.1 Å². The van der Waals surface area contributed by atoms with Gasteiger partial charge in [-0.05, 0) is 122 Å². The molecule has 0 unspecified atom stereocenters. The normalized spacial score (nSPS) is 11.0. The highest BCUT2D eigenvalue weighted by atomic mass is 16.5. The first-order valence-corrected chi connectivity index (χ1v) is 20.1. The van der Waals surface area contributed by atoms with E-state index in [1.165, 1.54) is 0 Å². The summed E-state index contributed by atoms with van der Waals surface area (Å²) < 4.78 is 22.3. The van der Waals surface area contributed by atoms with Crippen LogP contribution in [0.25, 0.3) is 21.5 Å². The second kappa shape index (κ2) is 20.4. The van der Waals surface area contributed by atoms with Crippen molar-refractivity contribution >= 4 is 56.5 Å². The topological polar surface area (TPSA) is 125 Å². The van der Waals surface area contributed by atoms with Gasteiger partial charge in [-0.3, -0.25) is 0 Å². The molecule has 0 radical (unpaired) electrons. The second-order valence-electron chi connectivity index (χ2n) is 14.4. The van der Waals surface area contributed by atoms with Crippen molar-refractivity contribution in [3.63, 3.8) is 0 Å². The molecule has 0 aliphatic rings. The molecule has 0 aliphatic heterocycles. The average molecular weight is 812 g/mol. The molecule has 0 saturated heterocycles. The number of carbonyl (C=O) groups excluding carboxylic acids is 3. The lowest BCUT2D eigenvalue weighted by atomic mass is 10.1. The van der Waals surface area contributed by atoms with Gasteiger partial charge in [-0.15, -0.1) is 5.11 Å². The minimum absolute atomic E-state index is 0.351. The molecule has 0 bridgehead atoms. The van der Waals surface area contributed by atoms with Crippen molar-refractivity contribution in [3.8, 4) is 17.2 Å². The molecule has 0 aliphatic carbocycles.